The fourth-order valence-electron chi connectivity index (χ4n) is 3.07. The second-order valence-electron chi connectivity index (χ2n) is 7.62. The topological polar surface area (TPSA) is 78.3 Å². The summed E-state index contributed by atoms with van der Waals surface area (Å²) in [4.78, 5) is 12.5. The van der Waals surface area contributed by atoms with E-state index in [0.717, 1.165) is 21.3 Å². The van der Waals surface area contributed by atoms with E-state index >= 15 is 0 Å². The summed E-state index contributed by atoms with van der Waals surface area (Å²) in [7, 11) is 3.47. The minimum Gasteiger partial charge on any atom is -0.493 e. The number of rotatable bonds is 9. The lowest BCUT2D eigenvalue weighted by molar-refractivity contribution is -0.113. The molecule has 0 bridgehead atoms. The summed E-state index contributed by atoms with van der Waals surface area (Å²) < 4.78 is 14.1. The number of benzene rings is 2. The molecular weight excluding hydrogens is 492 g/mol. The molecule has 0 saturated heterocycles. The van der Waals surface area contributed by atoms with E-state index in [9.17, 15) is 4.79 Å². The maximum Gasteiger partial charge on any atom is 0.234 e. The number of amides is 1. The van der Waals surface area contributed by atoms with Gasteiger partial charge in [-0.05, 0) is 54.3 Å². The zero-order chi connectivity index (χ0) is 23.3. The van der Waals surface area contributed by atoms with Gasteiger partial charge in [0.2, 0.25) is 5.91 Å². The first-order valence-corrected chi connectivity index (χ1v) is 11.9. The van der Waals surface area contributed by atoms with E-state index in [1.807, 2.05) is 54.9 Å². The minimum absolute atomic E-state index is 0.0931. The summed E-state index contributed by atoms with van der Waals surface area (Å²) in [6, 6.07) is 11.6. The van der Waals surface area contributed by atoms with Gasteiger partial charge >= 0.3 is 0 Å². The van der Waals surface area contributed by atoms with Gasteiger partial charge in [-0.3, -0.25) is 4.79 Å². The fourth-order valence-corrected chi connectivity index (χ4v) is 4.18. The Kier molecular flexibility index (Phi) is 8.20. The van der Waals surface area contributed by atoms with Gasteiger partial charge in [-0.1, -0.05) is 47.6 Å². The van der Waals surface area contributed by atoms with Crippen molar-refractivity contribution in [2.45, 2.75) is 38.5 Å². The van der Waals surface area contributed by atoms with Gasteiger partial charge in [-0.2, -0.15) is 0 Å². The van der Waals surface area contributed by atoms with Crippen LogP contribution in [0.3, 0.4) is 0 Å². The predicted octanol–water partition coefficient (Wildman–Crippen LogP) is 5.33. The smallest absolute Gasteiger partial charge is 0.234 e. The van der Waals surface area contributed by atoms with Crippen molar-refractivity contribution in [3.8, 4) is 11.5 Å². The second kappa shape index (κ2) is 10.9. The Morgan fingerprint density at radius 3 is 2.69 bits per heavy atom. The standard InChI is InChI=1S/C23H27BrN4O3S/c1-14(2)17-11-16(24)7-8-18(17)25-22(29)13-32-23-27-26-21(28(23)4)12-31-19-9-6-15(3)10-20(19)30-5/h6-11,14H,12-13H2,1-5H3,(H,25,29). The normalized spacial score (nSPS) is 11.0. The molecule has 170 valence electrons. The van der Waals surface area contributed by atoms with Crippen LogP contribution in [0.2, 0.25) is 0 Å². The van der Waals surface area contributed by atoms with E-state index < -0.39 is 0 Å². The average Bonchev–Trinajstić information content (AvgIpc) is 3.11. The molecule has 0 radical (unpaired) electrons. The molecule has 32 heavy (non-hydrogen) atoms. The largest absolute Gasteiger partial charge is 0.493 e. The summed E-state index contributed by atoms with van der Waals surface area (Å²) >= 11 is 4.82. The summed E-state index contributed by atoms with van der Waals surface area (Å²) in [6.45, 7) is 6.43. The molecule has 3 rings (SSSR count). The molecule has 0 aliphatic rings. The van der Waals surface area contributed by atoms with E-state index in [-0.39, 0.29) is 18.3 Å². The number of carbonyl (C=O) groups is 1. The molecule has 0 aliphatic carbocycles. The maximum atomic E-state index is 12.5. The highest BCUT2D eigenvalue weighted by molar-refractivity contribution is 9.10. The third kappa shape index (κ3) is 6.04. The fraction of sp³-hybridized carbons (Fsp3) is 0.348. The average molecular weight is 519 g/mol. The highest BCUT2D eigenvalue weighted by atomic mass is 79.9. The molecule has 1 amide bonds. The monoisotopic (exact) mass is 518 g/mol. The van der Waals surface area contributed by atoms with E-state index in [1.54, 1.807) is 7.11 Å². The van der Waals surface area contributed by atoms with Gasteiger partial charge < -0.3 is 19.4 Å². The number of methoxy groups -OCH3 is 1. The Morgan fingerprint density at radius 2 is 1.97 bits per heavy atom. The molecule has 1 aromatic heterocycles. The van der Waals surface area contributed by atoms with E-state index in [2.05, 4.69) is 45.3 Å². The molecule has 0 aliphatic heterocycles. The summed E-state index contributed by atoms with van der Waals surface area (Å²) in [5, 5.41) is 12.1. The molecule has 0 atom stereocenters. The number of nitrogens with one attached hydrogen (secondary N) is 1. The molecular formula is C23H27BrN4O3S. The van der Waals surface area contributed by atoms with Gasteiger partial charge in [0.25, 0.3) is 0 Å². The van der Waals surface area contributed by atoms with Crippen molar-refractivity contribution in [1.82, 2.24) is 14.8 Å². The Balaban J connectivity index is 1.59. The van der Waals surface area contributed by atoms with Crippen LogP contribution >= 0.6 is 27.7 Å². The number of ether oxygens (including phenoxy) is 2. The maximum absolute atomic E-state index is 12.5. The first-order valence-electron chi connectivity index (χ1n) is 10.2. The van der Waals surface area contributed by atoms with Crippen LogP contribution < -0.4 is 14.8 Å². The molecule has 0 spiro atoms. The molecule has 9 heteroatoms. The van der Waals surface area contributed by atoms with E-state index in [4.69, 9.17) is 9.47 Å². The van der Waals surface area contributed by atoms with Crippen molar-refractivity contribution >= 4 is 39.3 Å². The van der Waals surface area contributed by atoms with Crippen molar-refractivity contribution in [3.63, 3.8) is 0 Å². The van der Waals surface area contributed by atoms with Gasteiger partial charge in [0.05, 0.1) is 12.9 Å². The van der Waals surface area contributed by atoms with Gasteiger partial charge in [0.1, 0.15) is 6.61 Å². The number of aromatic nitrogens is 3. The van der Waals surface area contributed by atoms with Crippen LogP contribution in [0, 0.1) is 6.92 Å². The molecule has 0 unspecified atom stereocenters. The number of aryl methyl sites for hydroxylation is 1. The Hall–Kier alpha value is -2.52. The zero-order valence-electron chi connectivity index (χ0n) is 18.8. The van der Waals surface area contributed by atoms with Crippen molar-refractivity contribution in [2.75, 3.05) is 18.2 Å². The van der Waals surface area contributed by atoms with Crippen molar-refractivity contribution in [1.29, 1.82) is 0 Å². The van der Waals surface area contributed by atoms with Crippen LogP contribution in [0.1, 0.15) is 36.7 Å². The lowest BCUT2D eigenvalue weighted by Crippen LogP contribution is -2.16. The number of hydrogen-bond acceptors (Lipinski definition) is 6. The molecule has 1 N–H and O–H groups in total. The van der Waals surface area contributed by atoms with Crippen molar-refractivity contribution < 1.29 is 14.3 Å². The van der Waals surface area contributed by atoms with Gasteiger partial charge in [0, 0.05) is 17.2 Å². The lowest BCUT2D eigenvalue weighted by atomic mass is 10.0. The third-order valence-corrected chi connectivity index (χ3v) is 6.36. The second-order valence-corrected chi connectivity index (χ2v) is 9.48. The number of nitrogens with zero attached hydrogens (tertiary/aromatic N) is 3. The van der Waals surface area contributed by atoms with Crippen LogP contribution in [0.5, 0.6) is 11.5 Å². The van der Waals surface area contributed by atoms with Crippen molar-refractivity contribution in [2.24, 2.45) is 7.05 Å². The number of carbonyl (C=O) groups excluding carboxylic acids is 1. The van der Waals surface area contributed by atoms with Crippen LogP contribution in [0.4, 0.5) is 5.69 Å². The summed E-state index contributed by atoms with van der Waals surface area (Å²) in [5.74, 6) is 2.41. The van der Waals surface area contributed by atoms with E-state index in [0.29, 0.717) is 28.4 Å². The summed E-state index contributed by atoms with van der Waals surface area (Å²) in [5.41, 5.74) is 3.00. The first-order chi connectivity index (χ1) is 15.3. The number of anilines is 1. The van der Waals surface area contributed by atoms with Crippen LogP contribution in [0.25, 0.3) is 0 Å². The lowest BCUT2D eigenvalue weighted by Gasteiger charge is -2.14. The quantitative estimate of drug-likeness (QED) is 0.385. The van der Waals surface area contributed by atoms with E-state index in [1.165, 1.54) is 11.8 Å². The Labute approximate surface area is 201 Å². The van der Waals surface area contributed by atoms with Gasteiger partial charge in [-0.25, -0.2) is 0 Å². The molecule has 0 saturated carbocycles. The van der Waals surface area contributed by atoms with Crippen LogP contribution in [-0.2, 0) is 18.4 Å². The van der Waals surface area contributed by atoms with Gasteiger partial charge in [0.15, 0.2) is 22.5 Å². The number of halogens is 1. The number of thioether (sulfide) groups is 1. The van der Waals surface area contributed by atoms with Crippen molar-refractivity contribution in [3.05, 3.63) is 57.8 Å². The Bertz CT molecular complexity index is 1100. The summed E-state index contributed by atoms with van der Waals surface area (Å²) in [6.07, 6.45) is 0. The molecule has 0 fully saturated rings. The molecule has 2 aromatic carbocycles. The minimum atomic E-state index is -0.0931. The zero-order valence-corrected chi connectivity index (χ0v) is 21.2. The molecule has 1 heterocycles. The number of hydrogen-bond donors (Lipinski definition) is 1. The predicted molar refractivity (Wildman–Crippen MR) is 131 cm³/mol. The highest BCUT2D eigenvalue weighted by Gasteiger charge is 2.15. The molecule has 3 aromatic rings. The van der Waals surface area contributed by atoms with Crippen LogP contribution in [-0.4, -0.2) is 33.5 Å². The molecule has 7 nitrogen and oxygen atoms in total. The van der Waals surface area contributed by atoms with Crippen LogP contribution in [0.15, 0.2) is 46.0 Å². The first kappa shape index (κ1) is 24.1. The Morgan fingerprint density at radius 1 is 1.19 bits per heavy atom. The van der Waals surface area contributed by atoms with Gasteiger partial charge in [-0.15, -0.1) is 10.2 Å². The third-order valence-electron chi connectivity index (χ3n) is 4.84. The SMILES string of the molecule is COc1cc(C)ccc1OCc1nnc(SCC(=O)Nc2ccc(Br)cc2C(C)C)n1C. The highest BCUT2D eigenvalue weighted by Crippen LogP contribution is 2.29.